The molecule has 0 spiro atoms. The van der Waals surface area contributed by atoms with Gasteiger partial charge in [-0.05, 0) is 18.6 Å². The van der Waals surface area contributed by atoms with Crippen LogP contribution in [0.3, 0.4) is 0 Å². The maximum absolute atomic E-state index is 13.1. The van der Waals surface area contributed by atoms with Gasteiger partial charge in [-0.25, -0.2) is 0 Å². The number of ether oxygens (including phenoxy) is 2. The Hall–Kier alpha value is -2.62. The summed E-state index contributed by atoms with van der Waals surface area (Å²) in [6.07, 6.45) is -1.84. The van der Waals surface area contributed by atoms with Crippen LogP contribution in [0.1, 0.15) is 18.9 Å². The topological polar surface area (TPSA) is 71.4 Å². The van der Waals surface area contributed by atoms with Crippen molar-refractivity contribution in [2.24, 2.45) is 0 Å². The number of amides is 1. The average molecular weight is 294 g/mol. The molecule has 110 valence electrons. The number of carbonyl (C=O) groups excluding carboxylic acids is 1. The van der Waals surface area contributed by atoms with E-state index in [0.29, 0.717) is 13.0 Å². The van der Waals surface area contributed by atoms with Crippen LogP contribution in [0, 0.1) is 11.3 Å². The van der Waals surface area contributed by atoms with Crippen molar-refractivity contribution in [1.82, 2.24) is 5.32 Å². The van der Waals surface area contributed by atoms with Gasteiger partial charge in [0, 0.05) is 12.1 Å². The molecule has 1 aliphatic rings. The molecule has 0 saturated heterocycles. The van der Waals surface area contributed by atoms with Gasteiger partial charge in [-0.15, -0.1) is 8.78 Å². The maximum atomic E-state index is 13.1. The molecule has 0 atom stereocenters. The first kappa shape index (κ1) is 14.8. The van der Waals surface area contributed by atoms with Crippen molar-refractivity contribution in [3.63, 3.8) is 0 Å². The quantitative estimate of drug-likeness (QED) is 0.684. The lowest BCUT2D eigenvalue weighted by molar-refractivity contribution is -0.286. The van der Waals surface area contributed by atoms with E-state index in [2.05, 4.69) is 14.8 Å². The van der Waals surface area contributed by atoms with Crippen LogP contribution in [-0.4, -0.2) is 18.7 Å². The van der Waals surface area contributed by atoms with E-state index in [1.165, 1.54) is 24.3 Å². The highest BCUT2D eigenvalue weighted by Crippen LogP contribution is 2.43. The number of rotatable bonds is 4. The Labute approximate surface area is 119 Å². The number of alkyl halides is 2. The number of nitrogens with one attached hydrogen (secondary N) is 1. The van der Waals surface area contributed by atoms with E-state index >= 15 is 0 Å². The van der Waals surface area contributed by atoms with Crippen molar-refractivity contribution < 1.29 is 23.0 Å². The second kappa shape index (κ2) is 5.79. The van der Waals surface area contributed by atoms with Crippen LogP contribution in [-0.2, 0) is 4.79 Å². The van der Waals surface area contributed by atoms with Crippen molar-refractivity contribution in [2.45, 2.75) is 19.6 Å². The van der Waals surface area contributed by atoms with E-state index in [4.69, 9.17) is 5.26 Å². The first-order valence-electron chi connectivity index (χ1n) is 6.25. The predicted molar refractivity (Wildman–Crippen MR) is 69.5 cm³/mol. The van der Waals surface area contributed by atoms with Gasteiger partial charge in [0.2, 0.25) is 0 Å². The van der Waals surface area contributed by atoms with Crippen molar-refractivity contribution in [1.29, 1.82) is 5.26 Å². The molecule has 0 bridgehead atoms. The number of benzene rings is 1. The normalized spacial score (nSPS) is 15.4. The van der Waals surface area contributed by atoms with Gasteiger partial charge in [0.1, 0.15) is 11.6 Å². The molecule has 21 heavy (non-hydrogen) atoms. The molecule has 1 aromatic rings. The highest BCUT2D eigenvalue weighted by Gasteiger charge is 2.44. The number of fused-ring (bicyclic) bond motifs is 1. The third-order valence-corrected chi connectivity index (χ3v) is 2.66. The molecule has 0 aliphatic carbocycles. The van der Waals surface area contributed by atoms with Crippen LogP contribution < -0.4 is 14.8 Å². The molecule has 1 N–H and O–H groups in total. The second-order valence-electron chi connectivity index (χ2n) is 4.27. The Balaban J connectivity index is 2.32. The van der Waals surface area contributed by atoms with Crippen LogP contribution in [0.2, 0.25) is 0 Å². The molecule has 0 radical (unpaired) electrons. The van der Waals surface area contributed by atoms with E-state index in [1.807, 2.05) is 6.92 Å². The first-order chi connectivity index (χ1) is 9.96. The van der Waals surface area contributed by atoms with E-state index < -0.39 is 12.2 Å². The van der Waals surface area contributed by atoms with Crippen LogP contribution in [0.15, 0.2) is 23.8 Å². The molecule has 1 heterocycles. The van der Waals surface area contributed by atoms with Gasteiger partial charge in [0.05, 0.1) is 0 Å². The fourth-order valence-electron chi connectivity index (χ4n) is 1.74. The van der Waals surface area contributed by atoms with Gasteiger partial charge in [-0.2, -0.15) is 5.26 Å². The molecule has 7 heteroatoms. The number of nitrogens with zero attached hydrogens (tertiary/aromatic N) is 1. The Morgan fingerprint density at radius 1 is 1.48 bits per heavy atom. The van der Waals surface area contributed by atoms with Gasteiger partial charge in [0.15, 0.2) is 11.5 Å². The molecule has 1 aromatic carbocycles. The molecular weight excluding hydrogens is 282 g/mol. The van der Waals surface area contributed by atoms with Gasteiger partial charge >= 0.3 is 6.29 Å². The summed E-state index contributed by atoms with van der Waals surface area (Å²) in [5.41, 5.74) is -0.0245. The number of para-hydroxylation sites is 1. The number of carbonyl (C=O) groups is 1. The molecule has 1 amide bonds. The summed E-state index contributed by atoms with van der Waals surface area (Å²) >= 11 is 0. The van der Waals surface area contributed by atoms with Gasteiger partial charge in [0.25, 0.3) is 5.91 Å². The fraction of sp³-hybridized carbons (Fsp3) is 0.286. The third kappa shape index (κ3) is 3.28. The zero-order valence-electron chi connectivity index (χ0n) is 11.2. The van der Waals surface area contributed by atoms with Crippen LogP contribution in [0.25, 0.3) is 6.08 Å². The highest BCUT2D eigenvalue weighted by atomic mass is 19.3. The molecule has 1 aliphatic heterocycles. The van der Waals surface area contributed by atoms with Crippen molar-refractivity contribution >= 4 is 12.0 Å². The maximum Gasteiger partial charge on any atom is 0.586 e. The minimum atomic E-state index is -3.75. The Morgan fingerprint density at radius 2 is 2.24 bits per heavy atom. The lowest BCUT2D eigenvalue weighted by atomic mass is 10.1. The SMILES string of the molecule is CCCNC(=O)/C(C#N)=C/c1cccc2c1OC(F)(F)O2. The van der Waals surface area contributed by atoms with Crippen molar-refractivity contribution in [3.05, 3.63) is 29.3 Å². The largest absolute Gasteiger partial charge is 0.586 e. The molecule has 0 saturated carbocycles. The third-order valence-electron chi connectivity index (χ3n) is 2.66. The molecule has 2 rings (SSSR count). The fourth-order valence-corrected chi connectivity index (χ4v) is 1.74. The number of halogens is 2. The summed E-state index contributed by atoms with van der Waals surface area (Å²) in [5.74, 6) is -0.902. The van der Waals surface area contributed by atoms with Gasteiger partial charge in [-0.3, -0.25) is 4.79 Å². The van der Waals surface area contributed by atoms with Crippen molar-refractivity contribution in [3.8, 4) is 17.6 Å². The van der Waals surface area contributed by atoms with Crippen molar-refractivity contribution in [2.75, 3.05) is 6.54 Å². The van der Waals surface area contributed by atoms with Gasteiger partial charge in [-0.1, -0.05) is 19.1 Å². The lowest BCUT2D eigenvalue weighted by Crippen LogP contribution is -2.26. The van der Waals surface area contributed by atoms with E-state index in [9.17, 15) is 13.6 Å². The Morgan fingerprint density at radius 3 is 2.90 bits per heavy atom. The molecule has 0 unspecified atom stereocenters. The summed E-state index contributed by atoms with van der Waals surface area (Å²) in [6.45, 7) is 2.29. The average Bonchev–Trinajstić information content (AvgIpc) is 2.76. The zero-order valence-corrected chi connectivity index (χ0v) is 11.2. The summed E-state index contributed by atoms with van der Waals surface area (Å²) in [5, 5.41) is 11.5. The smallest absolute Gasteiger partial charge is 0.395 e. The molecule has 5 nitrogen and oxygen atoms in total. The first-order valence-corrected chi connectivity index (χ1v) is 6.25. The summed E-state index contributed by atoms with van der Waals surface area (Å²) in [6, 6.07) is 5.97. The molecule has 0 fully saturated rings. The minimum Gasteiger partial charge on any atom is -0.395 e. The number of hydrogen-bond acceptors (Lipinski definition) is 4. The predicted octanol–water partition coefficient (Wildman–Crippen LogP) is 2.44. The number of nitriles is 1. The van der Waals surface area contributed by atoms with Crippen LogP contribution in [0.5, 0.6) is 11.5 Å². The zero-order chi connectivity index (χ0) is 15.5. The highest BCUT2D eigenvalue weighted by molar-refractivity contribution is 6.02. The summed E-state index contributed by atoms with van der Waals surface area (Å²) < 4.78 is 34.8. The lowest BCUT2D eigenvalue weighted by Gasteiger charge is -2.06. The molecule has 0 aromatic heterocycles. The Kier molecular flexibility index (Phi) is 4.08. The summed E-state index contributed by atoms with van der Waals surface area (Å²) in [4.78, 5) is 11.7. The van der Waals surface area contributed by atoms with Crippen LogP contribution >= 0.6 is 0 Å². The second-order valence-corrected chi connectivity index (χ2v) is 4.27. The molecular formula is C14H12F2N2O3. The van der Waals surface area contributed by atoms with Crippen LogP contribution in [0.4, 0.5) is 8.78 Å². The summed E-state index contributed by atoms with van der Waals surface area (Å²) in [7, 11) is 0. The Bertz CT molecular complexity index is 636. The van der Waals surface area contributed by atoms with Gasteiger partial charge < -0.3 is 14.8 Å². The monoisotopic (exact) mass is 294 g/mol. The van der Waals surface area contributed by atoms with E-state index in [0.717, 1.165) is 0 Å². The standard InChI is InChI=1S/C14H12F2N2O3/c1-2-6-18-13(19)10(8-17)7-9-4-3-5-11-12(9)21-14(15,16)20-11/h3-5,7H,2,6H2,1H3,(H,18,19)/b10-7+. The number of hydrogen-bond donors (Lipinski definition) is 1. The van der Waals surface area contributed by atoms with E-state index in [-0.39, 0.29) is 22.6 Å². The minimum absolute atomic E-state index is 0.139. The van der Waals surface area contributed by atoms with E-state index in [1.54, 1.807) is 6.07 Å².